The first kappa shape index (κ1) is 16.9. The molecule has 0 aromatic heterocycles. The Balaban J connectivity index is 3.44. The molecule has 0 aromatic carbocycles. The first-order valence-corrected chi connectivity index (χ1v) is 6.95. The van der Waals surface area contributed by atoms with Crippen LogP contribution in [-0.2, 0) is 9.59 Å². The van der Waals surface area contributed by atoms with Crippen LogP contribution >= 0.6 is 0 Å². The van der Waals surface area contributed by atoms with Gasteiger partial charge in [-0.1, -0.05) is 27.7 Å². The zero-order valence-corrected chi connectivity index (χ0v) is 12.2. The van der Waals surface area contributed by atoms with Crippen LogP contribution in [0.2, 0.25) is 0 Å². The predicted molar refractivity (Wildman–Crippen MR) is 74.2 cm³/mol. The van der Waals surface area contributed by atoms with Gasteiger partial charge in [-0.05, 0) is 24.7 Å². The van der Waals surface area contributed by atoms with E-state index >= 15 is 0 Å². The van der Waals surface area contributed by atoms with Gasteiger partial charge >= 0.3 is 0 Å². The lowest BCUT2D eigenvalue weighted by molar-refractivity contribution is -0.123. The van der Waals surface area contributed by atoms with Crippen LogP contribution in [0.1, 0.15) is 53.4 Å². The third-order valence-electron chi connectivity index (χ3n) is 2.47. The van der Waals surface area contributed by atoms with Crippen molar-refractivity contribution in [2.24, 2.45) is 11.8 Å². The first-order valence-electron chi connectivity index (χ1n) is 6.95. The van der Waals surface area contributed by atoms with Crippen LogP contribution in [0.15, 0.2) is 0 Å². The van der Waals surface area contributed by atoms with Crippen molar-refractivity contribution in [3.05, 3.63) is 0 Å². The zero-order valence-electron chi connectivity index (χ0n) is 12.2. The van der Waals surface area contributed by atoms with Crippen molar-refractivity contribution in [1.82, 2.24) is 10.6 Å². The monoisotopic (exact) mass is 256 g/mol. The van der Waals surface area contributed by atoms with Crippen LogP contribution in [-0.4, -0.2) is 24.9 Å². The summed E-state index contributed by atoms with van der Waals surface area (Å²) in [6.07, 6.45) is 2.59. The SMILES string of the molecule is CC(C)CNC(=O)CCCCC(=O)NCC(C)C. The van der Waals surface area contributed by atoms with Gasteiger partial charge in [0, 0.05) is 25.9 Å². The minimum absolute atomic E-state index is 0.0892. The molecular weight excluding hydrogens is 228 g/mol. The molecule has 0 aromatic rings. The van der Waals surface area contributed by atoms with Crippen LogP contribution in [0.4, 0.5) is 0 Å². The van der Waals surface area contributed by atoms with E-state index in [1.54, 1.807) is 0 Å². The van der Waals surface area contributed by atoms with Crippen molar-refractivity contribution in [1.29, 1.82) is 0 Å². The number of hydrogen-bond donors (Lipinski definition) is 2. The van der Waals surface area contributed by atoms with Gasteiger partial charge in [-0.3, -0.25) is 9.59 Å². The fourth-order valence-electron chi connectivity index (χ4n) is 1.38. The molecule has 0 unspecified atom stereocenters. The average Bonchev–Trinajstić information content (AvgIpc) is 2.29. The lowest BCUT2D eigenvalue weighted by atomic mass is 10.1. The Bertz CT molecular complexity index is 224. The normalized spacial score (nSPS) is 10.8. The summed E-state index contributed by atoms with van der Waals surface area (Å²) in [7, 11) is 0. The second kappa shape index (κ2) is 9.92. The molecule has 0 aliphatic rings. The Morgan fingerprint density at radius 1 is 0.778 bits per heavy atom. The first-order chi connectivity index (χ1) is 8.41. The standard InChI is InChI=1S/C14H28N2O2/c1-11(2)9-15-13(17)7-5-6-8-14(18)16-10-12(3)4/h11-12H,5-10H2,1-4H3,(H,15,17)(H,16,18). The number of rotatable bonds is 9. The largest absolute Gasteiger partial charge is 0.356 e. The molecule has 0 radical (unpaired) electrons. The van der Waals surface area contributed by atoms with E-state index in [1.807, 2.05) is 0 Å². The molecule has 0 fully saturated rings. The number of hydrogen-bond acceptors (Lipinski definition) is 2. The third-order valence-corrected chi connectivity index (χ3v) is 2.47. The Kier molecular flexibility index (Phi) is 9.33. The van der Waals surface area contributed by atoms with Gasteiger partial charge in [0.1, 0.15) is 0 Å². The summed E-state index contributed by atoms with van der Waals surface area (Å²) < 4.78 is 0. The molecule has 4 heteroatoms. The average molecular weight is 256 g/mol. The second-order valence-electron chi connectivity index (χ2n) is 5.60. The number of nitrogens with one attached hydrogen (secondary N) is 2. The van der Waals surface area contributed by atoms with E-state index in [-0.39, 0.29) is 11.8 Å². The minimum atomic E-state index is 0.0892. The fraction of sp³-hybridized carbons (Fsp3) is 0.857. The molecule has 2 N–H and O–H groups in total. The van der Waals surface area contributed by atoms with Crippen molar-refractivity contribution in [3.8, 4) is 0 Å². The fourth-order valence-corrected chi connectivity index (χ4v) is 1.38. The summed E-state index contributed by atoms with van der Waals surface area (Å²) in [6, 6.07) is 0. The topological polar surface area (TPSA) is 58.2 Å². The van der Waals surface area contributed by atoms with Gasteiger partial charge in [0.15, 0.2) is 0 Å². The van der Waals surface area contributed by atoms with Gasteiger partial charge in [0.05, 0.1) is 0 Å². The van der Waals surface area contributed by atoms with Gasteiger partial charge in [0.25, 0.3) is 0 Å². The van der Waals surface area contributed by atoms with Crippen LogP contribution in [0.5, 0.6) is 0 Å². The van der Waals surface area contributed by atoms with Crippen LogP contribution in [0, 0.1) is 11.8 Å². The highest BCUT2D eigenvalue weighted by Gasteiger charge is 2.05. The molecule has 0 spiro atoms. The van der Waals surface area contributed by atoms with E-state index < -0.39 is 0 Å². The molecule has 106 valence electrons. The molecule has 0 atom stereocenters. The van der Waals surface area contributed by atoms with Gasteiger partial charge in [-0.2, -0.15) is 0 Å². The van der Waals surface area contributed by atoms with Crippen LogP contribution in [0.25, 0.3) is 0 Å². The molecule has 0 aliphatic heterocycles. The van der Waals surface area contributed by atoms with Gasteiger partial charge in [-0.15, -0.1) is 0 Å². The zero-order chi connectivity index (χ0) is 14.0. The third kappa shape index (κ3) is 11.4. The highest BCUT2D eigenvalue weighted by Crippen LogP contribution is 2.00. The summed E-state index contributed by atoms with van der Waals surface area (Å²) >= 11 is 0. The summed E-state index contributed by atoms with van der Waals surface area (Å²) in [5.41, 5.74) is 0. The molecule has 0 rings (SSSR count). The van der Waals surface area contributed by atoms with E-state index in [4.69, 9.17) is 0 Å². The molecular formula is C14H28N2O2. The van der Waals surface area contributed by atoms with Crippen molar-refractivity contribution in [3.63, 3.8) is 0 Å². The smallest absolute Gasteiger partial charge is 0.220 e. The maximum absolute atomic E-state index is 11.4. The molecule has 0 saturated heterocycles. The lowest BCUT2D eigenvalue weighted by Crippen LogP contribution is -2.28. The molecule has 18 heavy (non-hydrogen) atoms. The minimum Gasteiger partial charge on any atom is -0.356 e. The van der Waals surface area contributed by atoms with Crippen LogP contribution in [0.3, 0.4) is 0 Å². The van der Waals surface area contributed by atoms with Gasteiger partial charge < -0.3 is 10.6 Å². The Labute approximate surface area is 111 Å². The van der Waals surface area contributed by atoms with E-state index in [9.17, 15) is 9.59 Å². The lowest BCUT2D eigenvalue weighted by Gasteiger charge is -2.08. The number of carbonyl (C=O) groups is 2. The maximum Gasteiger partial charge on any atom is 0.220 e. The van der Waals surface area contributed by atoms with E-state index in [1.165, 1.54) is 0 Å². The van der Waals surface area contributed by atoms with Crippen molar-refractivity contribution in [2.75, 3.05) is 13.1 Å². The van der Waals surface area contributed by atoms with Crippen LogP contribution < -0.4 is 10.6 Å². The highest BCUT2D eigenvalue weighted by molar-refractivity contribution is 5.77. The van der Waals surface area contributed by atoms with E-state index in [0.29, 0.717) is 24.7 Å². The van der Waals surface area contributed by atoms with E-state index in [0.717, 1.165) is 25.9 Å². The number of amides is 2. The van der Waals surface area contributed by atoms with Crippen molar-refractivity contribution in [2.45, 2.75) is 53.4 Å². The molecule has 4 nitrogen and oxygen atoms in total. The molecule has 0 bridgehead atoms. The number of carbonyl (C=O) groups excluding carboxylic acids is 2. The Morgan fingerprint density at radius 3 is 1.39 bits per heavy atom. The second-order valence-corrected chi connectivity index (χ2v) is 5.60. The molecule has 0 saturated carbocycles. The Hall–Kier alpha value is -1.06. The quantitative estimate of drug-likeness (QED) is 0.621. The van der Waals surface area contributed by atoms with Gasteiger partial charge in [0.2, 0.25) is 11.8 Å². The Morgan fingerprint density at radius 2 is 1.11 bits per heavy atom. The summed E-state index contributed by atoms with van der Waals surface area (Å²) in [4.78, 5) is 22.8. The summed E-state index contributed by atoms with van der Waals surface area (Å²) in [5.74, 6) is 1.14. The maximum atomic E-state index is 11.4. The highest BCUT2D eigenvalue weighted by atomic mass is 16.2. The van der Waals surface area contributed by atoms with Gasteiger partial charge in [-0.25, -0.2) is 0 Å². The van der Waals surface area contributed by atoms with E-state index in [2.05, 4.69) is 38.3 Å². The molecule has 0 heterocycles. The van der Waals surface area contributed by atoms with Crippen molar-refractivity contribution >= 4 is 11.8 Å². The number of unbranched alkanes of at least 4 members (excludes halogenated alkanes) is 1. The molecule has 2 amide bonds. The molecule has 0 aliphatic carbocycles. The van der Waals surface area contributed by atoms with Crippen molar-refractivity contribution < 1.29 is 9.59 Å². The summed E-state index contributed by atoms with van der Waals surface area (Å²) in [5, 5.41) is 5.74. The summed E-state index contributed by atoms with van der Waals surface area (Å²) in [6.45, 7) is 9.73. The predicted octanol–water partition coefficient (Wildman–Crippen LogP) is 2.09.